The second-order valence-corrected chi connectivity index (χ2v) is 4.64. The van der Waals surface area contributed by atoms with Gasteiger partial charge in [0.15, 0.2) is 0 Å². The molecule has 82 valence electrons. The van der Waals surface area contributed by atoms with E-state index in [9.17, 15) is 0 Å². The molecule has 0 unspecified atom stereocenters. The van der Waals surface area contributed by atoms with E-state index in [2.05, 4.69) is 29.0 Å². The smallest absolute Gasteiger partial charge is 0.0343 e. The zero-order valence-electron chi connectivity index (χ0n) is 9.32. The molecule has 1 N–H and O–H groups in total. The Bertz CT molecular complexity index is 448. The third-order valence-electron chi connectivity index (χ3n) is 3.63. The molecule has 0 bridgehead atoms. The van der Waals surface area contributed by atoms with Gasteiger partial charge in [-0.1, -0.05) is 18.7 Å². The van der Waals surface area contributed by atoms with Crippen molar-refractivity contribution in [1.29, 1.82) is 0 Å². The van der Waals surface area contributed by atoms with Crippen molar-refractivity contribution in [2.75, 3.05) is 6.54 Å². The first-order valence-electron chi connectivity index (χ1n) is 5.89. The van der Waals surface area contributed by atoms with Gasteiger partial charge < -0.3 is 5.32 Å². The molecule has 16 heavy (non-hydrogen) atoms. The van der Waals surface area contributed by atoms with Gasteiger partial charge in [-0.25, -0.2) is 0 Å². The summed E-state index contributed by atoms with van der Waals surface area (Å²) in [5.74, 6) is 0.808. The highest BCUT2D eigenvalue weighted by Gasteiger charge is 2.31. The number of allylic oxidation sites excluding steroid dienone is 1. The Labute approximate surface area is 96.1 Å². The largest absolute Gasteiger partial charge is 0.310 e. The molecule has 2 aliphatic rings. The van der Waals surface area contributed by atoms with Crippen LogP contribution in [0.25, 0.3) is 11.6 Å². The van der Waals surface area contributed by atoms with Gasteiger partial charge in [0, 0.05) is 18.4 Å². The number of hydrogen-bond acceptors (Lipinski definition) is 2. The molecular formula is C14H16N2. The third-order valence-corrected chi connectivity index (χ3v) is 3.63. The van der Waals surface area contributed by atoms with Crippen LogP contribution in [0.1, 0.15) is 24.0 Å². The minimum atomic E-state index is 0.599. The molecular weight excluding hydrogens is 196 g/mol. The molecule has 3 rings (SSSR count). The van der Waals surface area contributed by atoms with Crippen molar-refractivity contribution in [3.8, 4) is 0 Å². The average Bonchev–Trinajstić information content (AvgIpc) is 2.89. The summed E-state index contributed by atoms with van der Waals surface area (Å²) in [6.45, 7) is 4.95. The van der Waals surface area contributed by atoms with Crippen LogP contribution in [-0.2, 0) is 0 Å². The van der Waals surface area contributed by atoms with E-state index in [0.717, 1.165) is 11.5 Å². The maximum absolute atomic E-state index is 4.26. The fourth-order valence-electron chi connectivity index (χ4n) is 2.73. The monoisotopic (exact) mass is 212 g/mol. The lowest BCUT2D eigenvalue weighted by Gasteiger charge is -2.06. The average molecular weight is 212 g/mol. The van der Waals surface area contributed by atoms with Gasteiger partial charge in [0.1, 0.15) is 0 Å². The number of pyridine rings is 1. The zero-order valence-corrected chi connectivity index (χ0v) is 9.32. The van der Waals surface area contributed by atoms with Gasteiger partial charge in [0.05, 0.1) is 0 Å². The lowest BCUT2D eigenvalue weighted by atomic mass is 9.99. The van der Waals surface area contributed by atoms with E-state index in [1.165, 1.54) is 30.5 Å². The van der Waals surface area contributed by atoms with Gasteiger partial charge in [-0.3, -0.25) is 4.98 Å². The highest BCUT2D eigenvalue weighted by molar-refractivity contribution is 5.70. The molecule has 1 aliphatic carbocycles. The Morgan fingerprint density at radius 2 is 2.38 bits per heavy atom. The summed E-state index contributed by atoms with van der Waals surface area (Å²) in [5.41, 5.74) is 3.80. The zero-order chi connectivity index (χ0) is 11.0. The van der Waals surface area contributed by atoms with Crippen LogP contribution in [0.3, 0.4) is 0 Å². The molecule has 0 aromatic carbocycles. The van der Waals surface area contributed by atoms with Crippen LogP contribution in [0.2, 0.25) is 0 Å². The molecule has 1 aromatic rings. The minimum Gasteiger partial charge on any atom is -0.310 e. The molecule has 1 saturated heterocycles. The van der Waals surface area contributed by atoms with E-state index in [4.69, 9.17) is 0 Å². The van der Waals surface area contributed by atoms with Crippen LogP contribution in [0.15, 0.2) is 31.1 Å². The van der Waals surface area contributed by atoms with Gasteiger partial charge in [0.2, 0.25) is 0 Å². The molecule has 0 spiro atoms. The Balaban J connectivity index is 1.90. The molecule has 1 fully saturated rings. The second-order valence-electron chi connectivity index (χ2n) is 4.64. The number of aromatic nitrogens is 1. The Morgan fingerprint density at radius 1 is 1.44 bits per heavy atom. The first-order chi connectivity index (χ1) is 7.86. The standard InChI is InChI=1S/C14H16N2/c1-2-10-5-13(9-15-8-10)12-6-11-3-4-16-14(11)7-12/h2,5,7-9,11,14,16H,1,3-4,6H2/t11-,14+/m0/s1. The van der Waals surface area contributed by atoms with Crippen molar-refractivity contribution in [1.82, 2.24) is 10.3 Å². The lowest BCUT2D eigenvalue weighted by Crippen LogP contribution is -2.20. The van der Waals surface area contributed by atoms with Crippen molar-refractivity contribution in [3.63, 3.8) is 0 Å². The fourth-order valence-corrected chi connectivity index (χ4v) is 2.73. The molecule has 2 nitrogen and oxygen atoms in total. The van der Waals surface area contributed by atoms with E-state index in [0.29, 0.717) is 6.04 Å². The van der Waals surface area contributed by atoms with Crippen LogP contribution in [0.5, 0.6) is 0 Å². The second kappa shape index (κ2) is 3.87. The van der Waals surface area contributed by atoms with Crippen molar-refractivity contribution in [3.05, 3.63) is 42.2 Å². The number of nitrogens with one attached hydrogen (secondary N) is 1. The quantitative estimate of drug-likeness (QED) is 0.814. The highest BCUT2D eigenvalue weighted by Crippen LogP contribution is 2.36. The van der Waals surface area contributed by atoms with E-state index in [1.807, 2.05) is 18.5 Å². The van der Waals surface area contributed by atoms with Gasteiger partial charge >= 0.3 is 0 Å². The van der Waals surface area contributed by atoms with Crippen molar-refractivity contribution in [2.24, 2.45) is 5.92 Å². The van der Waals surface area contributed by atoms with Crippen LogP contribution in [0, 0.1) is 5.92 Å². The summed E-state index contributed by atoms with van der Waals surface area (Å²) in [5, 5.41) is 3.53. The Morgan fingerprint density at radius 3 is 3.19 bits per heavy atom. The molecule has 2 heterocycles. The summed E-state index contributed by atoms with van der Waals surface area (Å²) < 4.78 is 0. The molecule has 0 saturated carbocycles. The van der Waals surface area contributed by atoms with E-state index in [-0.39, 0.29) is 0 Å². The molecule has 1 aliphatic heterocycles. The van der Waals surface area contributed by atoms with E-state index < -0.39 is 0 Å². The molecule has 2 atom stereocenters. The van der Waals surface area contributed by atoms with Gasteiger partial charge in [-0.15, -0.1) is 0 Å². The summed E-state index contributed by atoms with van der Waals surface area (Å²) in [6.07, 6.45) is 10.5. The van der Waals surface area contributed by atoms with Crippen LogP contribution in [-0.4, -0.2) is 17.6 Å². The highest BCUT2D eigenvalue weighted by atomic mass is 15.0. The molecule has 1 aromatic heterocycles. The van der Waals surface area contributed by atoms with Crippen LogP contribution < -0.4 is 5.32 Å². The third kappa shape index (κ3) is 1.59. The number of hydrogen-bond donors (Lipinski definition) is 1. The number of nitrogens with zero attached hydrogens (tertiary/aromatic N) is 1. The maximum Gasteiger partial charge on any atom is 0.0343 e. The topological polar surface area (TPSA) is 24.9 Å². The van der Waals surface area contributed by atoms with Gasteiger partial charge in [-0.2, -0.15) is 0 Å². The predicted octanol–water partition coefficient (Wildman–Crippen LogP) is 2.49. The van der Waals surface area contributed by atoms with Gasteiger partial charge in [-0.05, 0) is 48.1 Å². The summed E-state index contributed by atoms with van der Waals surface area (Å²) in [7, 11) is 0. The maximum atomic E-state index is 4.26. The van der Waals surface area contributed by atoms with Crippen molar-refractivity contribution >= 4 is 11.6 Å². The Kier molecular flexibility index (Phi) is 2.37. The minimum absolute atomic E-state index is 0.599. The Hall–Kier alpha value is -1.41. The van der Waals surface area contributed by atoms with Crippen LogP contribution >= 0.6 is 0 Å². The number of fused-ring (bicyclic) bond motifs is 1. The van der Waals surface area contributed by atoms with Crippen molar-refractivity contribution in [2.45, 2.75) is 18.9 Å². The van der Waals surface area contributed by atoms with Gasteiger partial charge in [0.25, 0.3) is 0 Å². The summed E-state index contributed by atoms with van der Waals surface area (Å²) in [4.78, 5) is 4.26. The molecule has 0 amide bonds. The molecule has 2 heteroatoms. The summed E-state index contributed by atoms with van der Waals surface area (Å²) in [6, 6.07) is 2.77. The normalized spacial score (nSPS) is 27.6. The first-order valence-corrected chi connectivity index (χ1v) is 5.89. The fraction of sp³-hybridized carbons (Fsp3) is 0.357. The predicted molar refractivity (Wildman–Crippen MR) is 66.8 cm³/mol. The first kappa shape index (κ1) is 9.79. The molecule has 0 radical (unpaired) electrons. The summed E-state index contributed by atoms with van der Waals surface area (Å²) >= 11 is 0. The number of rotatable bonds is 2. The van der Waals surface area contributed by atoms with Crippen LogP contribution in [0.4, 0.5) is 0 Å². The lowest BCUT2D eigenvalue weighted by molar-refractivity contribution is 0.553. The van der Waals surface area contributed by atoms with E-state index >= 15 is 0 Å². The SMILES string of the molecule is C=Cc1cncc(C2=C[C@H]3NCC[C@H]3C2)c1. The van der Waals surface area contributed by atoms with E-state index in [1.54, 1.807) is 0 Å². The van der Waals surface area contributed by atoms with Crippen molar-refractivity contribution < 1.29 is 0 Å².